The van der Waals surface area contributed by atoms with E-state index in [2.05, 4.69) is 4.90 Å². The minimum absolute atomic E-state index is 0.428. The summed E-state index contributed by atoms with van der Waals surface area (Å²) in [7, 11) is 0. The predicted octanol–water partition coefficient (Wildman–Crippen LogP) is 2.38. The first-order valence-corrected chi connectivity index (χ1v) is 6.44. The van der Waals surface area contributed by atoms with Crippen molar-refractivity contribution in [2.45, 2.75) is 6.92 Å². The van der Waals surface area contributed by atoms with Crippen molar-refractivity contribution in [3.05, 3.63) is 29.3 Å². The number of nitrogens with two attached hydrogens (primary N) is 1. The molecule has 1 amide bonds. The van der Waals surface area contributed by atoms with Gasteiger partial charge in [-0.3, -0.25) is 4.79 Å². The van der Waals surface area contributed by atoms with Gasteiger partial charge in [0.15, 0.2) is 0 Å². The van der Waals surface area contributed by atoms with Crippen LogP contribution in [0.15, 0.2) is 18.2 Å². The van der Waals surface area contributed by atoms with Crippen LogP contribution >= 0.6 is 23.2 Å². The number of hydrogen-bond acceptors (Lipinski definition) is 2. The fourth-order valence-electron chi connectivity index (χ4n) is 1.66. The fraction of sp³-hybridized carbons (Fsp3) is 0.417. The molecular formula is C12H16Cl2N2O. The first kappa shape index (κ1) is 14.1. The number of hydrogen-bond donors (Lipinski definition) is 1. The normalized spacial score (nSPS) is 10.3. The van der Waals surface area contributed by atoms with Crippen molar-refractivity contribution < 1.29 is 4.79 Å². The van der Waals surface area contributed by atoms with E-state index in [0.29, 0.717) is 30.4 Å². The number of halogens is 2. The molecule has 5 heteroatoms. The van der Waals surface area contributed by atoms with Gasteiger partial charge in [0.1, 0.15) is 0 Å². The van der Waals surface area contributed by atoms with Gasteiger partial charge in [0.05, 0.1) is 0 Å². The molecule has 0 radical (unpaired) electrons. The van der Waals surface area contributed by atoms with Crippen LogP contribution in [0.2, 0.25) is 0 Å². The van der Waals surface area contributed by atoms with E-state index in [4.69, 9.17) is 28.9 Å². The average molecular weight is 275 g/mol. The lowest BCUT2D eigenvalue weighted by molar-refractivity contribution is 0.100. The molecular weight excluding hydrogens is 259 g/mol. The van der Waals surface area contributed by atoms with Gasteiger partial charge in [-0.05, 0) is 24.6 Å². The van der Waals surface area contributed by atoms with E-state index in [9.17, 15) is 4.79 Å². The molecule has 17 heavy (non-hydrogen) atoms. The zero-order valence-corrected chi connectivity index (χ0v) is 11.3. The minimum atomic E-state index is -0.428. The number of carbonyl (C=O) groups excluding carboxylic acids is 1. The van der Waals surface area contributed by atoms with E-state index in [0.717, 1.165) is 11.3 Å². The number of primary amides is 1. The molecule has 94 valence electrons. The standard InChI is InChI=1S/C12H16Cl2N2O/c1-9-2-3-10(12(15)17)8-11(9)16(6-4-13)7-5-14/h2-3,8H,4-7H2,1H3,(H2,15,17). The lowest BCUT2D eigenvalue weighted by Crippen LogP contribution is -2.28. The Balaban J connectivity index is 3.07. The Bertz CT molecular complexity index is 390. The van der Waals surface area contributed by atoms with Crippen LogP contribution in [0.1, 0.15) is 15.9 Å². The predicted molar refractivity (Wildman–Crippen MR) is 73.3 cm³/mol. The Kier molecular flexibility index (Phi) is 5.59. The van der Waals surface area contributed by atoms with Crippen LogP contribution in [-0.4, -0.2) is 30.8 Å². The molecule has 0 aliphatic carbocycles. The number of benzene rings is 1. The van der Waals surface area contributed by atoms with Gasteiger partial charge in [-0.2, -0.15) is 0 Å². The number of aryl methyl sites for hydroxylation is 1. The maximum absolute atomic E-state index is 11.2. The van der Waals surface area contributed by atoms with Crippen LogP contribution in [0.4, 0.5) is 5.69 Å². The highest BCUT2D eigenvalue weighted by molar-refractivity contribution is 6.18. The van der Waals surface area contributed by atoms with Gasteiger partial charge in [-0.25, -0.2) is 0 Å². The molecule has 0 aromatic heterocycles. The molecule has 0 fully saturated rings. The van der Waals surface area contributed by atoms with E-state index in [-0.39, 0.29) is 0 Å². The molecule has 0 spiro atoms. The molecule has 0 aliphatic heterocycles. The lowest BCUT2D eigenvalue weighted by atomic mass is 10.1. The van der Waals surface area contributed by atoms with Crippen molar-refractivity contribution in [1.82, 2.24) is 0 Å². The van der Waals surface area contributed by atoms with Crippen molar-refractivity contribution in [3.63, 3.8) is 0 Å². The lowest BCUT2D eigenvalue weighted by Gasteiger charge is -2.25. The smallest absolute Gasteiger partial charge is 0.248 e. The molecule has 1 rings (SSSR count). The number of alkyl halides is 2. The molecule has 1 aromatic carbocycles. The SMILES string of the molecule is Cc1ccc(C(N)=O)cc1N(CCCl)CCCl. The van der Waals surface area contributed by atoms with Gasteiger partial charge in [0, 0.05) is 36.1 Å². The largest absolute Gasteiger partial charge is 0.369 e. The van der Waals surface area contributed by atoms with Gasteiger partial charge in [0.2, 0.25) is 5.91 Å². The Morgan fingerprint density at radius 2 is 1.88 bits per heavy atom. The summed E-state index contributed by atoms with van der Waals surface area (Å²) < 4.78 is 0. The van der Waals surface area contributed by atoms with Crippen molar-refractivity contribution >= 4 is 34.8 Å². The van der Waals surface area contributed by atoms with E-state index < -0.39 is 5.91 Å². The maximum atomic E-state index is 11.2. The topological polar surface area (TPSA) is 46.3 Å². The van der Waals surface area contributed by atoms with Gasteiger partial charge in [-0.15, -0.1) is 23.2 Å². The highest BCUT2D eigenvalue weighted by Crippen LogP contribution is 2.21. The first-order chi connectivity index (χ1) is 8.10. The number of anilines is 1. The van der Waals surface area contributed by atoms with Crippen LogP contribution in [-0.2, 0) is 0 Å². The molecule has 0 saturated carbocycles. The zero-order valence-electron chi connectivity index (χ0n) is 9.75. The van der Waals surface area contributed by atoms with E-state index >= 15 is 0 Å². The van der Waals surface area contributed by atoms with Crippen molar-refractivity contribution in [2.24, 2.45) is 5.73 Å². The van der Waals surface area contributed by atoms with Crippen LogP contribution in [0, 0.1) is 6.92 Å². The quantitative estimate of drug-likeness (QED) is 0.810. The first-order valence-electron chi connectivity index (χ1n) is 5.37. The van der Waals surface area contributed by atoms with E-state index in [1.165, 1.54) is 0 Å². The summed E-state index contributed by atoms with van der Waals surface area (Å²) in [6.07, 6.45) is 0. The summed E-state index contributed by atoms with van der Waals surface area (Å²) in [6.45, 7) is 3.37. The molecule has 0 saturated heterocycles. The van der Waals surface area contributed by atoms with Crippen molar-refractivity contribution in [3.8, 4) is 0 Å². The number of rotatable bonds is 6. The average Bonchev–Trinajstić information content (AvgIpc) is 2.29. The molecule has 0 unspecified atom stereocenters. The minimum Gasteiger partial charge on any atom is -0.369 e. The summed E-state index contributed by atoms with van der Waals surface area (Å²) in [5.74, 6) is 0.594. The van der Waals surface area contributed by atoms with Gasteiger partial charge >= 0.3 is 0 Å². The molecule has 0 atom stereocenters. The third-order valence-corrected chi connectivity index (χ3v) is 2.88. The molecule has 1 aromatic rings. The van der Waals surface area contributed by atoms with Crippen LogP contribution in [0.3, 0.4) is 0 Å². The summed E-state index contributed by atoms with van der Waals surface area (Å²) in [5.41, 5.74) is 7.81. The Morgan fingerprint density at radius 1 is 1.29 bits per heavy atom. The molecule has 2 N–H and O–H groups in total. The highest BCUT2D eigenvalue weighted by Gasteiger charge is 2.11. The second-order valence-corrected chi connectivity index (χ2v) is 4.49. The van der Waals surface area contributed by atoms with E-state index in [1.807, 2.05) is 13.0 Å². The maximum Gasteiger partial charge on any atom is 0.248 e. The summed E-state index contributed by atoms with van der Waals surface area (Å²) in [4.78, 5) is 13.2. The monoisotopic (exact) mass is 274 g/mol. The third kappa shape index (κ3) is 3.79. The second kappa shape index (κ2) is 6.72. The van der Waals surface area contributed by atoms with E-state index in [1.54, 1.807) is 12.1 Å². The van der Waals surface area contributed by atoms with Gasteiger partial charge in [-0.1, -0.05) is 6.07 Å². The number of nitrogens with zero attached hydrogens (tertiary/aromatic N) is 1. The molecule has 0 heterocycles. The van der Waals surface area contributed by atoms with Crippen molar-refractivity contribution in [1.29, 1.82) is 0 Å². The Morgan fingerprint density at radius 3 is 2.35 bits per heavy atom. The van der Waals surface area contributed by atoms with Crippen molar-refractivity contribution in [2.75, 3.05) is 29.7 Å². The number of amides is 1. The van der Waals surface area contributed by atoms with Gasteiger partial charge in [0.25, 0.3) is 0 Å². The summed E-state index contributed by atoms with van der Waals surface area (Å²) in [5, 5.41) is 0. The fourth-order valence-corrected chi connectivity index (χ4v) is 2.07. The molecule has 0 aliphatic rings. The highest BCUT2D eigenvalue weighted by atomic mass is 35.5. The second-order valence-electron chi connectivity index (χ2n) is 3.73. The molecule has 3 nitrogen and oxygen atoms in total. The van der Waals surface area contributed by atoms with Gasteiger partial charge < -0.3 is 10.6 Å². The number of carbonyl (C=O) groups is 1. The Labute approximate surface area is 111 Å². The third-order valence-electron chi connectivity index (χ3n) is 2.54. The van der Waals surface area contributed by atoms with Crippen LogP contribution in [0.5, 0.6) is 0 Å². The summed E-state index contributed by atoms with van der Waals surface area (Å²) >= 11 is 11.5. The Hall–Kier alpha value is -0.930. The van der Waals surface area contributed by atoms with Crippen LogP contribution in [0.25, 0.3) is 0 Å². The summed E-state index contributed by atoms with van der Waals surface area (Å²) in [6, 6.07) is 5.39. The zero-order chi connectivity index (χ0) is 12.8. The molecule has 0 bridgehead atoms. The van der Waals surface area contributed by atoms with Crippen LogP contribution < -0.4 is 10.6 Å².